The van der Waals surface area contributed by atoms with Gasteiger partial charge in [-0.15, -0.1) is 12.4 Å². The molecule has 4 N–H and O–H groups in total. The summed E-state index contributed by atoms with van der Waals surface area (Å²) in [4.78, 5) is 12.4. The van der Waals surface area contributed by atoms with Crippen molar-refractivity contribution < 1.29 is 19.4 Å². The number of carbonyl (C=O) groups is 1. The number of rotatable bonds is 6. The first-order valence-corrected chi connectivity index (χ1v) is 8.09. The SMILES string of the molecule is COc1ccc(OC)c(C(O)CNC(=O)c2n[nH]c3c2CNCC3)c1.Cl. The number of halogens is 1. The number of fused-ring (bicyclic) bond motifs is 1. The van der Waals surface area contributed by atoms with E-state index >= 15 is 0 Å². The average Bonchev–Trinajstić information content (AvgIpc) is 3.09. The third-order valence-corrected chi connectivity index (χ3v) is 4.27. The number of aliphatic hydroxyl groups is 1. The van der Waals surface area contributed by atoms with Crippen molar-refractivity contribution in [2.45, 2.75) is 19.1 Å². The molecule has 0 saturated heterocycles. The predicted molar refractivity (Wildman–Crippen MR) is 98.1 cm³/mol. The van der Waals surface area contributed by atoms with E-state index in [-0.39, 0.29) is 24.9 Å². The van der Waals surface area contributed by atoms with Crippen LogP contribution in [0.3, 0.4) is 0 Å². The van der Waals surface area contributed by atoms with E-state index in [1.54, 1.807) is 25.3 Å². The van der Waals surface area contributed by atoms with Crippen molar-refractivity contribution in [3.63, 3.8) is 0 Å². The van der Waals surface area contributed by atoms with Gasteiger partial charge in [0, 0.05) is 42.9 Å². The fraction of sp³-hybridized carbons (Fsp3) is 0.412. The molecule has 1 amide bonds. The lowest BCUT2D eigenvalue weighted by atomic mass is 10.1. The number of aromatic nitrogens is 2. The molecule has 0 saturated carbocycles. The molecule has 1 aliphatic rings. The van der Waals surface area contributed by atoms with Crippen LogP contribution in [0.1, 0.15) is 33.4 Å². The lowest BCUT2D eigenvalue weighted by molar-refractivity contribution is 0.0908. The molecule has 3 rings (SSSR count). The van der Waals surface area contributed by atoms with E-state index in [2.05, 4.69) is 20.8 Å². The van der Waals surface area contributed by atoms with Gasteiger partial charge in [-0.3, -0.25) is 9.89 Å². The molecule has 0 aliphatic carbocycles. The molecule has 1 unspecified atom stereocenters. The van der Waals surface area contributed by atoms with Crippen LogP contribution < -0.4 is 20.1 Å². The maximum absolute atomic E-state index is 12.4. The largest absolute Gasteiger partial charge is 0.497 e. The summed E-state index contributed by atoms with van der Waals surface area (Å²) in [7, 11) is 3.08. The molecule has 0 spiro atoms. The summed E-state index contributed by atoms with van der Waals surface area (Å²) < 4.78 is 10.4. The second-order valence-corrected chi connectivity index (χ2v) is 5.79. The lowest BCUT2D eigenvalue weighted by Crippen LogP contribution is -2.31. The standard InChI is InChI=1S/C17H22N4O4.ClH/c1-24-10-3-4-15(25-2)11(7-10)14(22)9-19-17(23)16-12-8-18-6-5-13(12)20-21-16;/h3-4,7,14,18,22H,5-6,8-9H2,1-2H3,(H,19,23)(H,20,21);1H. The number of H-pyrrole nitrogens is 1. The monoisotopic (exact) mass is 382 g/mol. The van der Waals surface area contributed by atoms with Crippen LogP contribution in [-0.2, 0) is 13.0 Å². The minimum Gasteiger partial charge on any atom is -0.497 e. The van der Waals surface area contributed by atoms with E-state index in [0.717, 1.165) is 24.2 Å². The second kappa shape index (κ2) is 8.88. The van der Waals surface area contributed by atoms with Crippen molar-refractivity contribution in [2.24, 2.45) is 0 Å². The Labute approximate surface area is 157 Å². The zero-order valence-corrected chi connectivity index (χ0v) is 15.5. The van der Waals surface area contributed by atoms with Gasteiger partial charge in [0.1, 0.15) is 17.6 Å². The van der Waals surface area contributed by atoms with Gasteiger partial charge < -0.3 is 25.2 Å². The molecule has 26 heavy (non-hydrogen) atoms. The number of ether oxygens (including phenoxy) is 2. The van der Waals surface area contributed by atoms with Gasteiger partial charge in [0.15, 0.2) is 5.69 Å². The van der Waals surface area contributed by atoms with Gasteiger partial charge >= 0.3 is 0 Å². The van der Waals surface area contributed by atoms with Crippen LogP contribution in [0.25, 0.3) is 0 Å². The van der Waals surface area contributed by atoms with Gasteiger partial charge in [0.25, 0.3) is 5.91 Å². The fourth-order valence-electron chi connectivity index (χ4n) is 2.90. The van der Waals surface area contributed by atoms with E-state index in [1.807, 2.05) is 0 Å². The summed E-state index contributed by atoms with van der Waals surface area (Å²) >= 11 is 0. The zero-order valence-electron chi connectivity index (χ0n) is 14.7. The maximum atomic E-state index is 12.4. The number of nitrogens with one attached hydrogen (secondary N) is 3. The summed E-state index contributed by atoms with van der Waals surface area (Å²) in [5, 5.41) is 23.4. The van der Waals surface area contributed by atoms with Gasteiger partial charge in [0.05, 0.1) is 14.2 Å². The highest BCUT2D eigenvalue weighted by Crippen LogP contribution is 2.29. The third kappa shape index (κ3) is 4.09. The molecule has 1 atom stereocenters. The number of benzene rings is 1. The molecule has 1 aliphatic heterocycles. The molecule has 0 bridgehead atoms. The first kappa shape index (κ1) is 20.0. The Kier molecular flexibility index (Phi) is 6.84. The van der Waals surface area contributed by atoms with E-state index in [9.17, 15) is 9.90 Å². The lowest BCUT2D eigenvalue weighted by Gasteiger charge is -2.17. The van der Waals surface area contributed by atoms with E-state index < -0.39 is 6.10 Å². The number of carbonyl (C=O) groups excluding carboxylic acids is 1. The highest BCUT2D eigenvalue weighted by molar-refractivity contribution is 5.94. The number of aliphatic hydroxyl groups excluding tert-OH is 1. The van der Waals surface area contributed by atoms with Gasteiger partial charge in [0.2, 0.25) is 0 Å². The molecule has 142 valence electrons. The molecule has 1 aromatic carbocycles. The first-order valence-electron chi connectivity index (χ1n) is 8.09. The van der Waals surface area contributed by atoms with Crippen molar-refractivity contribution in [1.29, 1.82) is 0 Å². The van der Waals surface area contributed by atoms with Crippen molar-refractivity contribution in [3.8, 4) is 11.5 Å². The quantitative estimate of drug-likeness (QED) is 0.592. The summed E-state index contributed by atoms with van der Waals surface area (Å²) in [6, 6.07) is 5.15. The summed E-state index contributed by atoms with van der Waals surface area (Å²) in [5.41, 5.74) is 2.79. The van der Waals surface area contributed by atoms with Crippen LogP contribution in [0, 0.1) is 0 Å². The van der Waals surface area contributed by atoms with Crippen molar-refractivity contribution in [2.75, 3.05) is 27.3 Å². The molecular weight excluding hydrogens is 360 g/mol. The Hall–Kier alpha value is -2.29. The number of amides is 1. The van der Waals surface area contributed by atoms with Gasteiger partial charge in [-0.05, 0) is 18.2 Å². The van der Waals surface area contributed by atoms with Gasteiger partial charge in [-0.2, -0.15) is 5.10 Å². The average molecular weight is 383 g/mol. The minimum absolute atomic E-state index is 0. The second-order valence-electron chi connectivity index (χ2n) is 5.79. The Bertz CT molecular complexity index is 765. The Morgan fingerprint density at radius 3 is 2.92 bits per heavy atom. The van der Waals surface area contributed by atoms with Crippen LogP contribution in [0.2, 0.25) is 0 Å². The summed E-state index contributed by atoms with van der Waals surface area (Å²) in [5.74, 6) is 0.819. The minimum atomic E-state index is -0.929. The van der Waals surface area contributed by atoms with Crippen LogP contribution >= 0.6 is 12.4 Å². The Morgan fingerprint density at radius 1 is 1.38 bits per heavy atom. The molecule has 0 fully saturated rings. The summed E-state index contributed by atoms with van der Waals surface area (Å²) in [6.45, 7) is 1.52. The van der Waals surface area contributed by atoms with Crippen LogP contribution in [-0.4, -0.2) is 48.5 Å². The highest BCUT2D eigenvalue weighted by atomic mass is 35.5. The molecule has 2 heterocycles. The van der Waals surface area contributed by atoms with Crippen molar-refractivity contribution in [1.82, 2.24) is 20.8 Å². The molecular formula is C17H23ClN4O4. The third-order valence-electron chi connectivity index (χ3n) is 4.27. The van der Waals surface area contributed by atoms with Gasteiger partial charge in [-0.25, -0.2) is 0 Å². The Balaban J connectivity index is 0.00000243. The molecule has 9 heteroatoms. The maximum Gasteiger partial charge on any atom is 0.272 e. The Morgan fingerprint density at radius 2 is 2.19 bits per heavy atom. The molecule has 1 aromatic heterocycles. The van der Waals surface area contributed by atoms with Crippen LogP contribution in [0.5, 0.6) is 11.5 Å². The topological polar surface area (TPSA) is 108 Å². The first-order chi connectivity index (χ1) is 12.1. The van der Waals surface area contributed by atoms with Crippen molar-refractivity contribution >= 4 is 18.3 Å². The fourth-order valence-corrected chi connectivity index (χ4v) is 2.90. The highest BCUT2D eigenvalue weighted by Gasteiger charge is 2.22. The summed E-state index contributed by atoms with van der Waals surface area (Å²) in [6.07, 6.45) is -0.110. The number of aromatic amines is 1. The number of hydrogen-bond donors (Lipinski definition) is 4. The zero-order chi connectivity index (χ0) is 17.8. The van der Waals surface area contributed by atoms with Gasteiger partial charge in [-0.1, -0.05) is 0 Å². The van der Waals surface area contributed by atoms with Crippen LogP contribution in [0.4, 0.5) is 0 Å². The molecule has 2 aromatic rings. The van der Waals surface area contributed by atoms with E-state index in [4.69, 9.17) is 9.47 Å². The smallest absolute Gasteiger partial charge is 0.272 e. The van der Waals surface area contributed by atoms with E-state index in [0.29, 0.717) is 29.3 Å². The molecule has 8 nitrogen and oxygen atoms in total. The van der Waals surface area contributed by atoms with Crippen LogP contribution in [0.15, 0.2) is 18.2 Å². The van der Waals surface area contributed by atoms with E-state index in [1.165, 1.54) is 7.11 Å². The normalized spacial score (nSPS) is 14.0. The number of nitrogens with zero attached hydrogens (tertiary/aromatic N) is 1. The number of methoxy groups -OCH3 is 2. The molecule has 0 radical (unpaired) electrons. The number of hydrogen-bond acceptors (Lipinski definition) is 6. The predicted octanol–water partition coefficient (Wildman–Crippen LogP) is 0.958. The van der Waals surface area contributed by atoms with Crippen molar-refractivity contribution in [3.05, 3.63) is 40.7 Å².